The number of amides is 1. The Kier molecular flexibility index (Phi) is 5.85. The number of rotatable bonds is 3. The minimum absolute atomic E-state index is 0.0371. The molecule has 2 aliphatic rings. The molecule has 1 fully saturated rings. The number of carbonyl (C=O) groups is 2. The molecule has 2 aliphatic heterocycles. The van der Waals surface area contributed by atoms with Crippen molar-refractivity contribution < 1.29 is 19.1 Å². The number of hydrogen-bond donors (Lipinski definition) is 0. The second-order valence-corrected chi connectivity index (χ2v) is 8.92. The summed E-state index contributed by atoms with van der Waals surface area (Å²) in [6.07, 6.45) is 3.26. The minimum atomic E-state index is -0.534. The Hall–Kier alpha value is -3.09. The highest BCUT2D eigenvalue weighted by Gasteiger charge is 2.25. The Balaban J connectivity index is 1.53. The first kappa shape index (κ1) is 21.2. The van der Waals surface area contributed by atoms with Crippen LogP contribution in [0.1, 0.15) is 60.9 Å². The molecule has 1 amide bonds. The van der Waals surface area contributed by atoms with Gasteiger partial charge in [-0.1, -0.05) is 0 Å². The molecule has 7 nitrogen and oxygen atoms in total. The summed E-state index contributed by atoms with van der Waals surface area (Å²) in [5, 5.41) is 0. The van der Waals surface area contributed by atoms with Crippen LogP contribution in [0, 0.1) is 0 Å². The first-order chi connectivity index (χ1) is 14.8. The molecule has 0 radical (unpaired) electrons. The number of piperidine rings is 1. The third kappa shape index (κ3) is 4.81. The second kappa shape index (κ2) is 8.57. The van der Waals surface area contributed by atoms with Gasteiger partial charge in [0.15, 0.2) is 0 Å². The van der Waals surface area contributed by atoms with Crippen LogP contribution in [0.3, 0.4) is 0 Å². The number of likely N-dealkylation sites (tertiary alicyclic amines) is 1. The lowest BCUT2D eigenvalue weighted by Crippen LogP contribution is -2.36. The van der Waals surface area contributed by atoms with E-state index < -0.39 is 5.60 Å². The fourth-order valence-electron chi connectivity index (χ4n) is 3.86. The van der Waals surface area contributed by atoms with Gasteiger partial charge in [-0.25, -0.2) is 9.78 Å². The van der Waals surface area contributed by atoms with E-state index in [1.807, 2.05) is 43.9 Å². The third-order valence-electron chi connectivity index (χ3n) is 5.36. The standard InChI is InChI=1S/C24H29N3O4/c1-24(2,3)31-23(29)17-7-9-18(10-8-17)27-15-16-30-21-20(27)12-11-19(25-21)22(28)26-13-5-4-6-14-26/h7-12H,4-6,13-16H2,1-3H3. The molecule has 7 heteroatoms. The van der Waals surface area contributed by atoms with Crippen LogP contribution in [0.2, 0.25) is 0 Å². The largest absolute Gasteiger partial charge is 0.474 e. The van der Waals surface area contributed by atoms with Crippen molar-refractivity contribution in [3.05, 3.63) is 47.7 Å². The zero-order valence-electron chi connectivity index (χ0n) is 18.4. The summed E-state index contributed by atoms with van der Waals surface area (Å²) in [5.41, 5.74) is 2.13. The van der Waals surface area contributed by atoms with Crippen LogP contribution >= 0.6 is 0 Å². The summed E-state index contributed by atoms with van der Waals surface area (Å²) in [5.74, 6) is 0.0826. The van der Waals surface area contributed by atoms with Crippen LogP contribution in [0.15, 0.2) is 36.4 Å². The fourth-order valence-corrected chi connectivity index (χ4v) is 3.86. The lowest BCUT2D eigenvalue weighted by atomic mass is 10.1. The van der Waals surface area contributed by atoms with E-state index in [0.29, 0.717) is 30.3 Å². The SMILES string of the molecule is CC(C)(C)OC(=O)c1ccc(N2CCOc3nc(C(=O)N4CCCCC4)ccc32)cc1. The Morgan fingerprint density at radius 2 is 1.68 bits per heavy atom. The van der Waals surface area contributed by atoms with Gasteiger partial charge in [0.1, 0.15) is 23.6 Å². The Bertz CT molecular complexity index is 960. The molecule has 164 valence electrons. The van der Waals surface area contributed by atoms with Gasteiger partial charge in [0.2, 0.25) is 5.88 Å². The van der Waals surface area contributed by atoms with Crippen molar-refractivity contribution in [3.63, 3.8) is 0 Å². The van der Waals surface area contributed by atoms with E-state index in [-0.39, 0.29) is 11.9 Å². The number of carbonyl (C=O) groups excluding carboxylic acids is 2. The number of benzene rings is 1. The van der Waals surface area contributed by atoms with Gasteiger partial charge in [0.05, 0.1) is 12.1 Å². The molecule has 2 aromatic rings. The quantitative estimate of drug-likeness (QED) is 0.689. The van der Waals surface area contributed by atoms with Gasteiger partial charge >= 0.3 is 5.97 Å². The summed E-state index contributed by atoms with van der Waals surface area (Å²) < 4.78 is 11.2. The first-order valence-electron chi connectivity index (χ1n) is 10.9. The molecule has 31 heavy (non-hydrogen) atoms. The van der Waals surface area contributed by atoms with Crippen LogP contribution < -0.4 is 9.64 Å². The van der Waals surface area contributed by atoms with E-state index in [1.54, 1.807) is 18.2 Å². The topological polar surface area (TPSA) is 72.0 Å². The average molecular weight is 424 g/mol. The molecule has 0 saturated carbocycles. The average Bonchev–Trinajstić information content (AvgIpc) is 2.77. The van der Waals surface area contributed by atoms with Crippen molar-refractivity contribution in [1.82, 2.24) is 9.88 Å². The minimum Gasteiger partial charge on any atom is -0.474 e. The molecule has 1 aromatic heterocycles. The van der Waals surface area contributed by atoms with Crippen LogP contribution in [-0.4, -0.2) is 53.6 Å². The van der Waals surface area contributed by atoms with Crippen molar-refractivity contribution in [3.8, 4) is 5.88 Å². The summed E-state index contributed by atoms with van der Waals surface area (Å²) in [6, 6.07) is 11.0. The van der Waals surface area contributed by atoms with E-state index in [9.17, 15) is 9.59 Å². The number of pyridine rings is 1. The highest BCUT2D eigenvalue weighted by atomic mass is 16.6. The molecule has 0 atom stereocenters. The van der Waals surface area contributed by atoms with E-state index >= 15 is 0 Å². The summed E-state index contributed by atoms with van der Waals surface area (Å²) >= 11 is 0. The maximum atomic E-state index is 12.8. The molecular weight excluding hydrogens is 394 g/mol. The number of hydrogen-bond acceptors (Lipinski definition) is 6. The molecule has 0 spiro atoms. The molecule has 0 N–H and O–H groups in total. The molecule has 3 heterocycles. The maximum absolute atomic E-state index is 12.8. The molecule has 0 unspecified atom stereocenters. The number of anilines is 2. The predicted octanol–water partition coefficient (Wildman–Crippen LogP) is 4.19. The van der Waals surface area contributed by atoms with Gasteiger partial charge in [-0.15, -0.1) is 0 Å². The van der Waals surface area contributed by atoms with Crippen LogP contribution in [-0.2, 0) is 4.74 Å². The molecule has 0 aliphatic carbocycles. The van der Waals surface area contributed by atoms with Gasteiger partial charge < -0.3 is 19.3 Å². The summed E-state index contributed by atoms with van der Waals surface area (Å²) in [4.78, 5) is 33.5. The van der Waals surface area contributed by atoms with Crippen LogP contribution in [0.5, 0.6) is 5.88 Å². The molecule has 0 bridgehead atoms. The molecular formula is C24H29N3O4. The van der Waals surface area contributed by atoms with Crippen molar-refractivity contribution >= 4 is 23.3 Å². The number of ether oxygens (including phenoxy) is 2. The third-order valence-corrected chi connectivity index (χ3v) is 5.36. The lowest BCUT2D eigenvalue weighted by Gasteiger charge is -2.31. The zero-order valence-corrected chi connectivity index (χ0v) is 18.4. The van der Waals surface area contributed by atoms with Crippen LogP contribution in [0.25, 0.3) is 0 Å². The molecule has 4 rings (SSSR count). The van der Waals surface area contributed by atoms with Crippen molar-refractivity contribution in [1.29, 1.82) is 0 Å². The predicted molar refractivity (Wildman–Crippen MR) is 118 cm³/mol. The van der Waals surface area contributed by atoms with E-state index in [2.05, 4.69) is 9.88 Å². The number of fused-ring (bicyclic) bond motifs is 1. The lowest BCUT2D eigenvalue weighted by molar-refractivity contribution is 0.00694. The normalized spacial score (nSPS) is 16.4. The Morgan fingerprint density at radius 1 is 0.968 bits per heavy atom. The van der Waals surface area contributed by atoms with Gasteiger partial charge in [0, 0.05) is 18.8 Å². The van der Waals surface area contributed by atoms with Gasteiger partial charge in [-0.3, -0.25) is 4.79 Å². The van der Waals surface area contributed by atoms with Crippen LogP contribution in [0.4, 0.5) is 11.4 Å². The first-order valence-corrected chi connectivity index (χ1v) is 10.9. The highest BCUT2D eigenvalue weighted by Crippen LogP contribution is 2.35. The van der Waals surface area contributed by atoms with Gasteiger partial charge in [0.25, 0.3) is 5.91 Å². The summed E-state index contributed by atoms with van der Waals surface area (Å²) in [7, 11) is 0. The molecule has 1 saturated heterocycles. The molecule has 1 aromatic carbocycles. The van der Waals surface area contributed by atoms with E-state index in [1.165, 1.54) is 6.42 Å². The second-order valence-electron chi connectivity index (χ2n) is 8.92. The maximum Gasteiger partial charge on any atom is 0.338 e. The number of aromatic nitrogens is 1. The Morgan fingerprint density at radius 3 is 2.35 bits per heavy atom. The number of nitrogens with zero attached hydrogens (tertiary/aromatic N) is 3. The summed E-state index contributed by atoms with van der Waals surface area (Å²) in [6.45, 7) is 8.24. The number of esters is 1. The Labute approximate surface area is 183 Å². The van der Waals surface area contributed by atoms with Crippen molar-refractivity contribution in [2.45, 2.75) is 45.6 Å². The van der Waals surface area contributed by atoms with Crippen molar-refractivity contribution in [2.75, 3.05) is 31.1 Å². The van der Waals surface area contributed by atoms with Gasteiger partial charge in [-0.2, -0.15) is 0 Å². The van der Waals surface area contributed by atoms with Crippen molar-refractivity contribution in [2.24, 2.45) is 0 Å². The van der Waals surface area contributed by atoms with E-state index in [0.717, 1.165) is 37.3 Å². The zero-order chi connectivity index (χ0) is 22.0. The highest BCUT2D eigenvalue weighted by molar-refractivity contribution is 5.93. The van der Waals surface area contributed by atoms with E-state index in [4.69, 9.17) is 9.47 Å². The smallest absolute Gasteiger partial charge is 0.338 e. The fraction of sp³-hybridized carbons (Fsp3) is 0.458. The van der Waals surface area contributed by atoms with Gasteiger partial charge in [-0.05, 0) is 76.4 Å². The monoisotopic (exact) mass is 423 g/mol.